The number of benzene rings is 3. The number of carbonyl (C=O) groups is 1. The first-order chi connectivity index (χ1) is 16.6. The van der Waals surface area contributed by atoms with Crippen molar-refractivity contribution < 1.29 is 19.7 Å². The van der Waals surface area contributed by atoms with Gasteiger partial charge in [0.25, 0.3) is 0 Å². The molecule has 3 aromatic carbocycles. The Labute approximate surface area is 199 Å². The first-order valence-electron chi connectivity index (χ1n) is 11.9. The molecule has 3 N–H and O–H groups in total. The lowest BCUT2D eigenvalue weighted by Gasteiger charge is -2.21. The molecule has 2 atom stereocenters. The molecular weight excluding hydrogens is 428 g/mol. The lowest BCUT2D eigenvalue weighted by molar-refractivity contribution is 0.0185. The quantitative estimate of drug-likeness (QED) is 0.494. The van der Waals surface area contributed by atoms with Crippen molar-refractivity contribution in [2.24, 2.45) is 0 Å². The summed E-state index contributed by atoms with van der Waals surface area (Å²) in [6, 6.07) is 23.9. The summed E-state index contributed by atoms with van der Waals surface area (Å²) in [6.07, 6.45) is -0.452. The summed E-state index contributed by atoms with van der Waals surface area (Å²) >= 11 is 0. The molecule has 1 fully saturated rings. The first-order valence-corrected chi connectivity index (χ1v) is 11.9. The number of aliphatic hydroxyl groups excluding tert-OH is 2. The molecule has 0 radical (unpaired) electrons. The molecule has 6 heteroatoms. The topological polar surface area (TPSA) is 82.0 Å². The number of hydrogen-bond donors (Lipinski definition) is 3. The highest BCUT2D eigenvalue weighted by atomic mass is 16.5. The van der Waals surface area contributed by atoms with E-state index >= 15 is 0 Å². The highest BCUT2D eigenvalue weighted by Crippen LogP contribution is 2.44. The second kappa shape index (κ2) is 9.87. The van der Waals surface area contributed by atoms with Crippen LogP contribution < -0.4 is 10.2 Å². The van der Waals surface area contributed by atoms with Crippen molar-refractivity contribution >= 4 is 11.8 Å². The molecule has 1 aliphatic heterocycles. The summed E-state index contributed by atoms with van der Waals surface area (Å²) in [5.74, 6) is -0.0252. The van der Waals surface area contributed by atoms with Crippen molar-refractivity contribution in [3.8, 4) is 11.1 Å². The Morgan fingerprint density at radius 2 is 1.50 bits per heavy atom. The van der Waals surface area contributed by atoms with Crippen molar-refractivity contribution in [3.63, 3.8) is 0 Å². The second-order valence-corrected chi connectivity index (χ2v) is 9.00. The zero-order chi connectivity index (χ0) is 23.5. The number of fused-ring (bicyclic) bond motifs is 3. The fourth-order valence-corrected chi connectivity index (χ4v) is 5.03. The average Bonchev–Trinajstić information content (AvgIpc) is 3.53. The molecule has 1 aliphatic carbocycles. The van der Waals surface area contributed by atoms with Crippen LogP contribution in [0.25, 0.3) is 11.1 Å². The van der Waals surface area contributed by atoms with Crippen molar-refractivity contribution in [3.05, 3.63) is 89.5 Å². The van der Waals surface area contributed by atoms with Crippen molar-refractivity contribution in [1.82, 2.24) is 5.32 Å². The van der Waals surface area contributed by atoms with Gasteiger partial charge in [-0.2, -0.15) is 0 Å². The number of hydrogen-bond acceptors (Lipinski definition) is 5. The summed E-state index contributed by atoms with van der Waals surface area (Å²) in [6.45, 7) is 2.20. The number of carbonyl (C=O) groups excluding carboxylic acids is 1. The predicted octanol–water partition coefficient (Wildman–Crippen LogP) is 4.22. The van der Waals surface area contributed by atoms with E-state index in [2.05, 4.69) is 34.5 Å². The number of nitrogens with one attached hydrogen (secondary N) is 1. The van der Waals surface area contributed by atoms with E-state index in [-0.39, 0.29) is 19.1 Å². The van der Waals surface area contributed by atoms with Gasteiger partial charge in [-0.05, 0) is 52.8 Å². The van der Waals surface area contributed by atoms with Crippen LogP contribution in [0.2, 0.25) is 0 Å². The van der Waals surface area contributed by atoms with E-state index in [1.165, 1.54) is 24.0 Å². The lowest BCUT2D eigenvalue weighted by Crippen LogP contribution is -2.36. The van der Waals surface area contributed by atoms with Gasteiger partial charge < -0.3 is 25.2 Å². The van der Waals surface area contributed by atoms with Gasteiger partial charge in [-0.1, -0.05) is 60.7 Å². The van der Waals surface area contributed by atoms with Crippen LogP contribution >= 0.6 is 0 Å². The minimum Gasteiger partial charge on any atom is -0.449 e. The van der Waals surface area contributed by atoms with Gasteiger partial charge in [0.1, 0.15) is 18.8 Å². The summed E-state index contributed by atoms with van der Waals surface area (Å²) in [5.41, 5.74) is 6.36. The molecule has 5 rings (SSSR count). The second-order valence-electron chi connectivity index (χ2n) is 9.00. The van der Waals surface area contributed by atoms with E-state index in [9.17, 15) is 15.0 Å². The number of nitrogens with zero attached hydrogens (tertiary/aromatic N) is 1. The smallest absolute Gasteiger partial charge is 0.407 e. The van der Waals surface area contributed by atoms with Crippen LogP contribution in [0, 0.1) is 0 Å². The SMILES string of the molecule is O=C(NCC(O)C(O)c1ccc(N2CCCC2)cc1)OCC1c2ccccc2-c2ccccc21. The normalized spacial score (nSPS) is 16.6. The summed E-state index contributed by atoms with van der Waals surface area (Å²) in [7, 11) is 0. The lowest BCUT2D eigenvalue weighted by atomic mass is 9.98. The Kier molecular flexibility index (Phi) is 6.52. The van der Waals surface area contributed by atoms with Crippen LogP contribution in [0.3, 0.4) is 0 Å². The zero-order valence-electron chi connectivity index (χ0n) is 19.1. The zero-order valence-corrected chi connectivity index (χ0v) is 19.1. The van der Waals surface area contributed by atoms with Crippen molar-refractivity contribution in [2.45, 2.75) is 31.0 Å². The Morgan fingerprint density at radius 1 is 0.912 bits per heavy atom. The maximum atomic E-state index is 12.3. The number of amides is 1. The third-order valence-corrected chi connectivity index (χ3v) is 6.87. The van der Waals surface area contributed by atoms with E-state index < -0.39 is 18.3 Å². The largest absolute Gasteiger partial charge is 0.449 e. The number of rotatable bonds is 7. The Hall–Kier alpha value is -3.35. The number of aliphatic hydroxyl groups is 2. The van der Waals surface area contributed by atoms with Gasteiger partial charge in [0.2, 0.25) is 0 Å². The molecule has 2 unspecified atom stereocenters. The summed E-state index contributed by atoms with van der Waals surface area (Å²) in [4.78, 5) is 14.7. The van der Waals surface area contributed by atoms with Crippen LogP contribution in [0.5, 0.6) is 0 Å². The Morgan fingerprint density at radius 3 is 2.12 bits per heavy atom. The van der Waals surface area contributed by atoms with E-state index in [1.807, 2.05) is 48.5 Å². The van der Waals surface area contributed by atoms with Gasteiger partial charge in [0.05, 0.1) is 0 Å². The Balaban J connectivity index is 1.14. The fraction of sp³-hybridized carbons (Fsp3) is 0.321. The van der Waals surface area contributed by atoms with Crippen LogP contribution in [0.4, 0.5) is 10.5 Å². The van der Waals surface area contributed by atoms with Gasteiger partial charge in [-0.15, -0.1) is 0 Å². The molecule has 0 saturated carbocycles. The van der Waals surface area contributed by atoms with Crippen LogP contribution in [0.15, 0.2) is 72.8 Å². The van der Waals surface area contributed by atoms with Crippen LogP contribution in [-0.2, 0) is 4.74 Å². The molecule has 0 aromatic heterocycles. The summed E-state index contributed by atoms with van der Waals surface area (Å²) in [5, 5.41) is 23.5. The summed E-state index contributed by atoms with van der Waals surface area (Å²) < 4.78 is 5.50. The fourth-order valence-electron chi connectivity index (χ4n) is 5.03. The molecule has 2 aliphatic rings. The van der Waals surface area contributed by atoms with Crippen molar-refractivity contribution in [1.29, 1.82) is 0 Å². The van der Waals surface area contributed by atoms with Crippen LogP contribution in [0.1, 0.15) is 41.6 Å². The minimum absolute atomic E-state index is 0.0252. The Bertz CT molecular complexity index is 1100. The molecule has 0 spiro atoms. The molecule has 176 valence electrons. The molecule has 1 saturated heterocycles. The molecule has 1 heterocycles. The number of ether oxygens (including phenoxy) is 1. The monoisotopic (exact) mass is 458 g/mol. The molecule has 0 bridgehead atoms. The highest BCUT2D eigenvalue weighted by molar-refractivity contribution is 5.79. The highest BCUT2D eigenvalue weighted by Gasteiger charge is 2.29. The van der Waals surface area contributed by atoms with Gasteiger partial charge in [0, 0.05) is 31.2 Å². The van der Waals surface area contributed by atoms with Gasteiger partial charge >= 0.3 is 6.09 Å². The average molecular weight is 459 g/mol. The maximum Gasteiger partial charge on any atom is 0.407 e. The first kappa shape index (κ1) is 22.4. The van der Waals surface area contributed by atoms with E-state index in [0.717, 1.165) is 29.9 Å². The maximum absolute atomic E-state index is 12.3. The third-order valence-electron chi connectivity index (χ3n) is 6.87. The van der Waals surface area contributed by atoms with Crippen molar-refractivity contribution in [2.75, 3.05) is 31.1 Å². The van der Waals surface area contributed by atoms with Gasteiger partial charge in [-0.25, -0.2) is 4.79 Å². The molecule has 6 nitrogen and oxygen atoms in total. The van der Waals surface area contributed by atoms with E-state index in [1.54, 1.807) is 0 Å². The van der Waals surface area contributed by atoms with E-state index in [0.29, 0.717) is 5.56 Å². The minimum atomic E-state index is -1.14. The van der Waals surface area contributed by atoms with Crippen LogP contribution in [-0.4, -0.2) is 48.7 Å². The predicted molar refractivity (Wildman–Crippen MR) is 132 cm³/mol. The van der Waals surface area contributed by atoms with Gasteiger partial charge in [-0.3, -0.25) is 0 Å². The number of alkyl carbamates (subject to hydrolysis) is 1. The molecule has 3 aromatic rings. The molecule has 34 heavy (non-hydrogen) atoms. The third kappa shape index (κ3) is 4.52. The van der Waals surface area contributed by atoms with Gasteiger partial charge in [0.15, 0.2) is 0 Å². The van der Waals surface area contributed by atoms with E-state index in [4.69, 9.17) is 4.74 Å². The standard InChI is InChI=1S/C28H30N2O4/c31-26(27(32)19-11-13-20(14-12-19)30-15-5-6-16-30)17-29-28(33)34-18-25-23-9-3-1-7-21(23)22-8-2-4-10-24(22)25/h1-4,7-14,25-27,31-32H,5-6,15-18H2,(H,29,33). The number of anilines is 1. The molecular formula is C28H30N2O4. The molecule has 1 amide bonds.